The number of hydrogen-bond donors (Lipinski definition) is 0. The highest BCUT2D eigenvalue weighted by Crippen LogP contribution is 2.52. The lowest BCUT2D eigenvalue weighted by Crippen LogP contribution is -2.39. The molecule has 0 saturated heterocycles. The van der Waals surface area contributed by atoms with Gasteiger partial charge in [0, 0.05) is 16.6 Å². The smallest absolute Gasteiger partial charge is 0.333 e. The van der Waals surface area contributed by atoms with Crippen LogP contribution in [0.3, 0.4) is 0 Å². The molecule has 0 heterocycles. The van der Waals surface area contributed by atoms with Gasteiger partial charge in [0.1, 0.15) is 13.2 Å². The summed E-state index contributed by atoms with van der Waals surface area (Å²) in [5, 5.41) is 0. The van der Waals surface area contributed by atoms with E-state index in [0.29, 0.717) is 12.3 Å². The molecular weight excluding hydrogens is 384 g/mol. The van der Waals surface area contributed by atoms with Crippen LogP contribution in [-0.4, -0.2) is 37.2 Å². The zero-order valence-electron chi connectivity index (χ0n) is 18.8. The van der Waals surface area contributed by atoms with Crippen LogP contribution in [0.25, 0.3) is 0 Å². The van der Waals surface area contributed by atoms with Gasteiger partial charge in [0.05, 0.1) is 11.5 Å². The number of fused-ring (bicyclic) bond motifs is 2. The highest BCUT2D eigenvalue weighted by molar-refractivity contribution is 5.87. The largest absolute Gasteiger partial charge is 0.462 e. The molecule has 1 fully saturated rings. The first-order valence-electron chi connectivity index (χ1n) is 10.4. The van der Waals surface area contributed by atoms with E-state index in [1.807, 2.05) is 20.8 Å². The van der Waals surface area contributed by atoms with Gasteiger partial charge >= 0.3 is 17.9 Å². The Hall–Kier alpha value is -2.37. The molecule has 2 bridgehead atoms. The van der Waals surface area contributed by atoms with E-state index in [1.54, 1.807) is 13.8 Å². The van der Waals surface area contributed by atoms with Crippen molar-refractivity contribution in [3.63, 3.8) is 0 Å². The lowest BCUT2D eigenvalue weighted by molar-refractivity contribution is -0.166. The second-order valence-electron chi connectivity index (χ2n) is 9.55. The van der Waals surface area contributed by atoms with Crippen molar-refractivity contribution in [3.8, 4) is 0 Å². The molecule has 0 spiro atoms. The van der Waals surface area contributed by atoms with Crippen LogP contribution in [0.2, 0.25) is 0 Å². The Kier molecular flexibility index (Phi) is 7.32. The molecule has 0 amide bonds. The van der Waals surface area contributed by atoms with Gasteiger partial charge in [-0.2, -0.15) is 0 Å². The van der Waals surface area contributed by atoms with Crippen LogP contribution in [0.1, 0.15) is 53.9 Å². The summed E-state index contributed by atoms with van der Waals surface area (Å²) in [5.74, 6) is -0.554. The average Bonchev–Trinajstić information content (AvgIpc) is 3.25. The van der Waals surface area contributed by atoms with Crippen LogP contribution >= 0.6 is 0 Å². The van der Waals surface area contributed by atoms with Gasteiger partial charge in [0.15, 0.2) is 0 Å². The molecule has 166 valence electrons. The van der Waals surface area contributed by atoms with Gasteiger partial charge in [-0.25, -0.2) is 9.59 Å². The maximum absolute atomic E-state index is 12.9. The van der Waals surface area contributed by atoms with Gasteiger partial charge in [0.2, 0.25) is 0 Å². The number of allylic oxidation sites excluding steroid dienone is 2. The average molecular weight is 419 g/mol. The normalized spacial score (nSPS) is 25.5. The number of hydrogen-bond acceptors (Lipinski definition) is 6. The Morgan fingerprint density at radius 1 is 1.10 bits per heavy atom. The van der Waals surface area contributed by atoms with E-state index >= 15 is 0 Å². The third-order valence-electron chi connectivity index (χ3n) is 6.03. The zero-order valence-corrected chi connectivity index (χ0v) is 18.8. The van der Waals surface area contributed by atoms with Crippen LogP contribution in [0.4, 0.5) is 0 Å². The Labute approximate surface area is 179 Å². The van der Waals surface area contributed by atoms with Gasteiger partial charge in [-0.1, -0.05) is 32.2 Å². The molecule has 2 rings (SSSR count). The summed E-state index contributed by atoms with van der Waals surface area (Å²) in [4.78, 5) is 36.6. The summed E-state index contributed by atoms with van der Waals surface area (Å²) in [7, 11) is 0. The minimum Gasteiger partial charge on any atom is -0.462 e. The van der Waals surface area contributed by atoms with Crippen molar-refractivity contribution in [2.45, 2.75) is 60.0 Å². The van der Waals surface area contributed by atoms with Gasteiger partial charge in [-0.3, -0.25) is 4.79 Å². The maximum atomic E-state index is 12.9. The monoisotopic (exact) mass is 418 g/mol. The number of carbonyl (C=O) groups excluding carboxylic acids is 3. The van der Waals surface area contributed by atoms with E-state index in [9.17, 15) is 14.4 Å². The molecule has 4 unspecified atom stereocenters. The lowest BCUT2D eigenvalue weighted by Gasteiger charge is -2.34. The topological polar surface area (TPSA) is 78.9 Å². The van der Waals surface area contributed by atoms with Crippen molar-refractivity contribution in [1.29, 1.82) is 0 Å². The predicted octanol–water partition coefficient (Wildman–Crippen LogP) is 4.16. The van der Waals surface area contributed by atoms with E-state index < -0.39 is 28.9 Å². The van der Waals surface area contributed by atoms with E-state index in [1.165, 1.54) is 0 Å². The Balaban J connectivity index is 2.01. The first-order valence-corrected chi connectivity index (χ1v) is 10.4. The second kappa shape index (κ2) is 9.19. The second-order valence-corrected chi connectivity index (χ2v) is 9.55. The van der Waals surface area contributed by atoms with Crippen molar-refractivity contribution in [2.24, 2.45) is 22.7 Å². The van der Waals surface area contributed by atoms with Gasteiger partial charge < -0.3 is 14.2 Å². The molecule has 2 aliphatic rings. The molecule has 6 nitrogen and oxygen atoms in total. The highest BCUT2D eigenvalue weighted by Gasteiger charge is 2.51. The Morgan fingerprint density at radius 2 is 1.63 bits per heavy atom. The fourth-order valence-corrected chi connectivity index (χ4v) is 4.27. The highest BCUT2D eigenvalue weighted by atomic mass is 16.6. The summed E-state index contributed by atoms with van der Waals surface area (Å²) in [6.45, 7) is 15.9. The fraction of sp³-hybridized carbons (Fsp3) is 0.625. The molecular formula is C24H34O6. The quantitative estimate of drug-likeness (QED) is 0.229. The zero-order chi connectivity index (χ0) is 22.7. The number of ether oxygens (including phenoxy) is 3. The molecule has 4 atom stereocenters. The minimum atomic E-state index is -0.731. The number of esters is 3. The van der Waals surface area contributed by atoms with E-state index in [2.05, 4.69) is 25.3 Å². The van der Waals surface area contributed by atoms with Crippen molar-refractivity contribution < 1.29 is 28.6 Å². The van der Waals surface area contributed by atoms with Crippen molar-refractivity contribution in [2.75, 3.05) is 13.2 Å². The van der Waals surface area contributed by atoms with Crippen LogP contribution in [0, 0.1) is 22.7 Å². The first-order chi connectivity index (χ1) is 13.9. The molecule has 0 aliphatic heterocycles. The summed E-state index contributed by atoms with van der Waals surface area (Å²) in [6.07, 6.45) is 6.06. The molecule has 0 aromatic carbocycles. The third kappa shape index (κ3) is 5.61. The SMILES string of the molecule is C=C(C)C(=O)OCC(C)(COC(=O)C(=C)C)CC(C)OC(=O)C1(C)CC2C=CC1C2. The first kappa shape index (κ1) is 23.9. The summed E-state index contributed by atoms with van der Waals surface area (Å²) in [5.41, 5.74) is -0.657. The predicted molar refractivity (Wildman–Crippen MR) is 113 cm³/mol. The summed E-state index contributed by atoms with van der Waals surface area (Å²) < 4.78 is 16.5. The molecule has 30 heavy (non-hydrogen) atoms. The number of carbonyl (C=O) groups is 3. The van der Waals surface area contributed by atoms with Crippen molar-refractivity contribution >= 4 is 17.9 Å². The molecule has 0 aromatic heterocycles. The van der Waals surface area contributed by atoms with Crippen molar-refractivity contribution in [1.82, 2.24) is 0 Å². The van der Waals surface area contributed by atoms with E-state index in [4.69, 9.17) is 14.2 Å². The molecule has 2 aliphatic carbocycles. The van der Waals surface area contributed by atoms with E-state index in [-0.39, 0.29) is 36.2 Å². The third-order valence-corrected chi connectivity index (χ3v) is 6.03. The van der Waals surface area contributed by atoms with Gasteiger partial charge in [-0.15, -0.1) is 0 Å². The maximum Gasteiger partial charge on any atom is 0.333 e. The van der Waals surface area contributed by atoms with Gasteiger partial charge in [-0.05, 0) is 58.8 Å². The van der Waals surface area contributed by atoms with Crippen LogP contribution < -0.4 is 0 Å². The fourth-order valence-electron chi connectivity index (χ4n) is 4.27. The van der Waals surface area contributed by atoms with Crippen LogP contribution in [-0.2, 0) is 28.6 Å². The summed E-state index contributed by atoms with van der Waals surface area (Å²) >= 11 is 0. The Morgan fingerprint density at radius 3 is 2.03 bits per heavy atom. The van der Waals surface area contributed by atoms with Crippen LogP contribution in [0.15, 0.2) is 36.5 Å². The summed E-state index contributed by atoms with van der Waals surface area (Å²) in [6, 6.07) is 0. The number of rotatable bonds is 10. The molecule has 0 N–H and O–H groups in total. The minimum absolute atomic E-state index is 0.00869. The molecule has 0 aromatic rings. The van der Waals surface area contributed by atoms with Crippen LogP contribution in [0.5, 0.6) is 0 Å². The molecule has 0 radical (unpaired) electrons. The molecule has 1 saturated carbocycles. The van der Waals surface area contributed by atoms with E-state index in [0.717, 1.165) is 12.8 Å². The molecule has 6 heteroatoms. The Bertz CT molecular complexity index is 734. The van der Waals surface area contributed by atoms with Gasteiger partial charge in [0.25, 0.3) is 0 Å². The standard InChI is InChI=1S/C24H34O6/c1-15(2)20(25)28-13-23(6,14-29-21(26)16(3)4)11-17(5)30-22(27)24(7)12-18-8-9-19(24)10-18/h8-9,17-19H,1,3,10-14H2,2,4-7H3. The lowest BCUT2D eigenvalue weighted by atomic mass is 9.77. The van der Waals surface area contributed by atoms with Crippen molar-refractivity contribution in [3.05, 3.63) is 36.5 Å².